The number of anilines is 3. The standard InChI is InChI=1S/C21H29N3O2/c1-3-4-16-26-17-10-15-22-21(25)23-19-13-8-9-14-20(19)24(2)18-11-6-5-7-12-18/h5-9,11-14H,3-4,10,15-17H2,1-2H3,(H2,22,23,25). The van der Waals surface area contributed by atoms with Crippen LogP contribution in [0.1, 0.15) is 26.2 Å². The van der Waals surface area contributed by atoms with Crippen molar-refractivity contribution in [2.45, 2.75) is 26.2 Å². The number of hydrogen-bond donors (Lipinski definition) is 2. The second-order valence-electron chi connectivity index (χ2n) is 6.11. The third-order valence-corrected chi connectivity index (χ3v) is 4.05. The first kappa shape index (κ1) is 19.8. The molecule has 0 saturated carbocycles. The number of carbonyl (C=O) groups is 1. The summed E-state index contributed by atoms with van der Waals surface area (Å²) in [5.41, 5.74) is 2.78. The molecule has 0 radical (unpaired) electrons. The van der Waals surface area contributed by atoms with Crippen LogP contribution < -0.4 is 15.5 Å². The molecule has 0 atom stereocenters. The summed E-state index contributed by atoms with van der Waals surface area (Å²) in [7, 11) is 1.99. The third kappa shape index (κ3) is 6.41. The molecule has 2 rings (SSSR count). The summed E-state index contributed by atoms with van der Waals surface area (Å²) in [4.78, 5) is 14.2. The van der Waals surface area contributed by atoms with Crippen LogP contribution in [0.4, 0.5) is 21.9 Å². The quantitative estimate of drug-likeness (QED) is 0.603. The average molecular weight is 355 g/mol. The van der Waals surface area contributed by atoms with Crippen LogP contribution in [-0.4, -0.2) is 32.8 Å². The summed E-state index contributed by atoms with van der Waals surface area (Å²) in [6.45, 7) is 4.20. The van der Waals surface area contributed by atoms with Crippen molar-refractivity contribution in [3.05, 3.63) is 54.6 Å². The van der Waals surface area contributed by atoms with Gasteiger partial charge < -0.3 is 20.3 Å². The number of amides is 2. The van der Waals surface area contributed by atoms with Crippen molar-refractivity contribution >= 4 is 23.1 Å². The van der Waals surface area contributed by atoms with E-state index in [1.807, 2.05) is 61.6 Å². The third-order valence-electron chi connectivity index (χ3n) is 4.05. The van der Waals surface area contributed by atoms with Crippen molar-refractivity contribution < 1.29 is 9.53 Å². The van der Waals surface area contributed by atoms with E-state index < -0.39 is 0 Å². The van der Waals surface area contributed by atoms with Gasteiger partial charge in [0.15, 0.2) is 0 Å². The highest BCUT2D eigenvalue weighted by molar-refractivity contribution is 5.94. The van der Waals surface area contributed by atoms with Crippen molar-refractivity contribution in [2.24, 2.45) is 0 Å². The molecular formula is C21H29N3O2. The van der Waals surface area contributed by atoms with Crippen LogP contribution in [0.15, 0.2) is 54.6 Å². The highest BCUT2D eigenvalue weighted by Gasteiger charge is 2.10. The molecule has 0 bridgehead atoms. The van der Waals surface area contributed by atoms with Crippen molar-refractivity contribution in [1.82, 2.24) is 5.32 Å². The average Bonchev–Trinajstić information content (AvgIpc) is 2.68. The summed E-state index contributed by atoms with van der Waals surface area (Å²) < 4.78 is 5.50. The minimum Gasteiger partial charge on any atom is -0.381 e. The fourth-order valence-electron chi connectivity index (χ4n) is 2.55. The number of ether oxygens (including phenoxy) is 1. The maximum Gasteiger partial charge on any atom is 0.319 e. The molecule has 0 aliphatic rings. The summed E-state index contributed by atoms with van der Waals surface area (Å²) >= 11 is 0. The zero-order chi connectivity index (χ0) is 18.6. The van der Waals surface area contributed by atoms with E-state index in [1.54, 1.807) is 0 Å². The topological polar surface area (TPSA) is 53.6 Å². The smallest absolute Gasteiger partial charge is 0.319 e. The Morgan fingerprint density at radius 3 is 2.46 bits per heavy atom. The van der Waals surface area contributed by atoms with E-state index >= 15 is 0 Å². The molecular weight excluding hydrogens is 326 g/mol. The molecule has 0 aromatic heterocycles. The van der Waals surface area contributed by atoms with Gasteiger partial charge in [-0.1, -0.05) is 43.7 Å². The molecule has 5 heteroatoms. The molecule has 140 valence electrons. The van der Waals surface area contributed by atoms with Crippen LogP contribution >= 0.6 is 0 Å². The second kappa shape index (κ2) is 11.2. The molecule has 26 heavy (non-hydrogen) atoms. The number of carbonyl (C=O) groups excluding carboxylic acids is 1. The molecule has 2 aromatic carbocycles. The first-order valence-corrected chi connectivity index (χ1v) is 9.22. The Kier molecular flexibility index (Phi) is 8.49. The van der Waals surface area contributed by atoms with E-state index in [0.717, 1.165) is 42.9 Å². The number of nitrogens with zero attached hydrogens (tertiary/aromatic N) is 1. The Morgan fingerprint density at radius 1 is 1.00 bits per heavy atom. The zero-order valence-electron chi connectivity index (χ0n) is 15.7. The van der Waals surface area contributed by atoms with Gasteiger partial charge >= 0.3 is 6.03 Å². The number of nitrogens with one attached hydrogen (secondary N) is 2. The lowest BCUT2D eigenvalue weighted by Gasteiger charge is -2.22. The largest absolute Gasteiger partial charge is 0.381 e. The van der Waals surface area contributed by atoms with Crippen molar-refractivity contribution in [3.63, 3.8) is 0 Å². The first-order chi connectivity index (χ1) is 12.7. The van der Waals surface area contributed by atoms with E-state index in [2.05, 4.69) is 22.5 Å². The fraction of sp³-hybridized carbons (Fsp3) is 0.381. The normalized spacial score (nSPS) is 10.4. The van der Waals surface area contributed by atoms with Gasteiger partial charge in [-0.25, -0.2) is 4.79 Å². The number of hydrogen-bond acceptors (Lipinski definition) is 3. The van der Waals surface area contributed by atoms with Crippen molar-refractivity contribution in [1.29, 1.82) is 0 Å². The Morgan fingerprint density at radius 2 is 1.69 bits per heavy atom. The molecule has 2 aromatic rings. The van der Waals surface area contributed by atoms with Gasteiger partial charge in [-0.2, -0.15) is 0 Å². The van der Waals surface area contributed by atoms with Crippen LogP contribution in [0.3, 0.4) is 0 Å². The maximum atomic E-state index is 12.2. The summed E-state index contributed by atoms with van der Waals surface area (Å²) in [5, 5.41) is 5.82. The monoisotopic (exact) mass is 355 g/mol. The van der Waals surface area contributed by atoms with Gasteiger partial charge in [0.05, 0.1) is 11.4 Å². The molecule has 0 fully saturated rings. The molecule has 0 unspecified atom stereocenters. The highest BCUT2D eigenvalue weighted by atomic mass is 16.5. The van der Waals surface area contributed by atoms with Gasteiger partial charge in [0.1, 0.15) is 0 Å². The van der Waals surface area contributed by atoms with Crippen LogP contribution in [0, 0.1) is 0 Å². The van der Waals surface area contributed by atoms with E-state index in [1.165, 1.54) is 0 Å². The first-order valence-electron chi connectivity index (χ1n) is 9.22. The van der Waals surface area contributed by atoms with Gasteiger partial charge in [-0.3, -0.25) is 0 Å². The molecule has 2 amide bonds. The van der Waals surface area contributed by atoms with Crippen LogP contribution in [0.5, 0.6) is 0 Å². The van der Waals surface area contributed by atoms with E-state index in [0.29, 0.717) is 13.2 Å². The minimum absolute atomic E-state index is 0.201. The highest BCUT2D eigenvalue weighted by Crippen LogP contribution is 2.30. The van der Waals surface area contributed by atoms with Crippen LogP contribution in [0.25, 0.3) is 0 Å². The molecule has 0 aliphatic heterocycles. The van der Waals surface area contributed by atoms with Crippen LogP contribution in [0.2, 0.25) is 0 Å². The predicted octanol–water partition coefficient (Wildman–Crippen LogP) is 4.78. The second-order valence-corrected chi connectivity index (χ2v) is 6.11. The van der Waals surface area contributed by atoms with Crippen molar-refractivity contribution in [2.75, 3.05) is 37.0 Å². The van der Waals surface area contributed by atoms with E-state index in [9.17, 15) is 4.79 Å². The Hall–Kier alpha value is -2.53. The lowest BCUT2D eigenvalue weighted by molar-refractivity contribution is 0.129. The SMILES string of the molecule is CCCCOCCCNC(=O)Nc1ccccc1N(C)c1ccccc1. The number of para-hydroxylation sites is 3. The number of unbranched alkanes of at least 4 members (excludes halogenated alkanes) is 1. The lowest BCUT2D eigenvalue weighted by Crippen LogP contribution is -2.30. The van der Waals surface area contributed by atoms with E-state index in [-0.39, 0.29) is 6.03 Å². The maximum absolute atomic E-state index is 12.2. The summed E-state index contributed by atoms with van der Waals surface area (Å²) in [6, 6.07) is 17.6. The number of rotatable bonds is 10. The minimum atomic E-state index is -0.201. The van der Waals surface area contributed by atoms with Gasteiger partial charge in [0.2, 0.25) is 0 Å². The van der Waals surface area contributed by atoms with Gasteiger partial charge in [0, 0.05) is 32.5 Å². The molecule has 0 heterocycles. The summed E-state index contributed by atoms with van der Waals surface area (Å²) in [6.07, 6.45) is 3.03. The molecule has 0 saturated heterocycles. The number of urea groups is 1. The van der Waals surface area contributed by atoms with Gasteiger partial charge in [-0.05, 0) is 37.1 Å². The zero-order valence-corrected chi connectivity index (χ0v) is 15.7. The van der Waals surface area contributed by atoms with Crippen LogP contribution in [-0.2, 0) is 4.74 Å². The molecule has 0 spiro atoms. The lowest BCUT2D eigenvalue weighted by atomic mass is 10.2. The molecule has 5 nitrogen and oxygen atoms in total. The fourth-order valence-corrected chi connectivity index (χ4v) is 2.55. The summed E-state index contributed by atoms with van der Waals surface area (Å²) in [5.74, 6) is 0. The molecule has 0 aliphatic carbocycles. The molecule has 2 N–H and O–H groups in total. The van der Waals surface area contributed by atoms with Gasteiger partial charge in [0.25, 0.3) is 0 Å². The van der Waals surface area contributed by atoms with E-state index in [4.69, 9.17) is 4.74 Å². The van der Waals surface area contributed by atoms with Gasteiger partial charge in [-0.15, -0.1) is 0 Å². The van der Waals surface area contributed by atoms with Crippen molar-refractivity contribution in [3.8, 4) is 0 Å². The Labute approximate surface area is 156 Å². The number of benzene rings is 2. The Bertz CT molecular complexity index is 661. The predicted molar refractivity (Wildman–Crippen MR) is 108 cm³/mol. The Balaban J connectivity index is 1.85.